The van der Waals surface area contributed by atoms with E-state index in [1.807, 2.05) is 0 Å². The van der Waals surface area contributed by atoms with Crippen molar-refractivity contribution in [2.75, 3.05) is 12.8 Å². The predicted molar refractivity (Wildman–Crippen MR) is 53.6 cm³/mol. The number of benzene rings is 1. The van der Waals surface area contributed by atoms with E-state index in [2.05, 4.69) is 9.84 Å². The van der Waals surface area contributed by atoms with Gasteiger partial charge in [-0.25, -0.2) is 4.79 Å². The van der Waals surface area contributed by atoms with Crippen LogP contribution in [0, 0.1) is 0 Å². The van der Waals surface area contributed by atoms with Gasteiger partial charge < -0.3 is 16.3 Å². The van der Waals surface area contributed by atoms with E-state index in [-0.39, 0.29) is 5.71 Å². The molecule has 1 aromatic rings. The number of esters is 1. The molecule has 0 aliphatic carbocycles. The number of nitrogens with zero attached hydrogens (tertiary/aromatic N) is 1. The Bertz CT molecular complexity index is 374. The summed E-state index contributed by atoms with van der Waals surface area (Å²) in [6.07, 6.45) is 0. The molecule has 0 heterocycles. The molecule has 0 atom stereocenters. The molecule has 0 aromatic heterocycles. The molecule has 74 valence electrons. The minimum Gasteiger partial charge on any atom is -0.464 e. The van der Waals surface area contributed by atoms with Crippen molar-refractivity contribution in [3.63, 3.8) is 0 Å². The smallest absolute Gasteiger partial charge is 0.359 e. The Morgan fingerprint density at radius 3 is 2.57 bits per heavy atom. The highest BCUT2D eigenvalue weighted by atomic mass is 16.5. The first-order valence-electron chi connectivity index (χ1n) is 3.91. The van der Waals surface area contributed by atoms with Gasteiger partial charge in [0.25, 0.3) is 0 Å². The molecule has 0 spiro atoms. The molecule has 5 nitrogen and oxygen atoms in total. The summed E-state index contributed by atoms with van der Waals surface area (Å²) in [5.41, 5.74) is 6.57. The van der Waals surface area contributed by atoms with E-state index >= 15 is 0 Å². The van der Waals surface area contributed by atoms with Gasteiger partial charge in [0, 0.05) is 11.3 Å². The van der Waals surface area contributed by atoms with Gasteiger partial charge in [0.2, 0.25) is 0 Å². The number of ether oxygens (including phenoxy) is 1. The van der Waals surface area contributed by atoms with Crippen LogP contribution in [-0.4, -0.2) is 18.8 Å². The molecule has 5 heteroatoms. The van der Waals surface area contributed by atoms with Crippen LogP contribution in [-0.2, 0) is 9.53 Å². The number of rotatable bonds is 2. The average molecular weight is 193 g/mol. The van der Waals surface area contributed by atoms with Crippen LogP contribution in [0.4, 0.5) is 5.69 Å². The number of carbonyl (C=O) groups excluding carboxylic acids is 1. The van der Waals surface area contributed by atoms with Gasteiger partial charge in [0.1, 0.15) is 0 Å². The number of carbonyl (C=O) groups is 1. The van der Waals surface area contributed by atoms with Gasteiger partial charge in [-0.1, -0.05) is 18.2 Å². The molecule has 4 N–H and O–H groups in total. The van der Waals surface area contributed by atoms with Crippen molar-refractivity contribution in [3.8, 4) is 0 Å². The molecule has 14 heavy (non-hydrogen) atoms. The van der Waals surface area contributed by atoms with Gasteiger partial charge in [-0.2, -0.15) is 5.10 Å². The van der Waals surface area contributed by atoms with E-state index < -0.39 is 5.97 Å². The highest BCUT2D eigenvalue weighted by Gasteiger charge is 2.16. The molecule has 0 fully saturated rings. The maximum Gasteiger partial charge on any atom is 0.359 e. The zero-order valence-electron chi connectivity index (χ0n) is 7.73. The molecule has 0 aliphatic heterocycles. The number of hydrazone groups is 1. The highest BCUT2D eigenvalue weighted by molar-refractivity contribution is 6.44. The van der Waals surface area contributed by atoms with E-state index in [0.717, 1.165) is 0 Å². The van der Waals surface area contributed by atoms with Crippen LogP contribution >= 0.6 is 0 Å². The lowest BCUT2D eigenvalue weighted by Gasteiger charge is -2.05. The van der Waals surface area contributed by atoms with E-state index in [4.69, 9.17) is 11.6 Å². The molecule has 0 aliphatic rings. The second-order valence-corrected chi connectivity index (χ2v) is 2.56. The first-order valence-corrected chi connectivity index (χ1v) is 3.91. The third kappa shape index (κ3) is 1.82. The zero-order valence-corrected chi connectivity index (χ0v) is 7.73. The number of hydrogen-bond acceptors (Lipinski definition) is 5. The van der Waals surface area contributed by atoms with Crippen molar-refractivity contribution < 1.29 is 9.53 Å². The second kappa shape index (κ2) is 4.27. The first-order chi connectivity index (χ1) is 6.70. The lowest BCUT2D eigenvalue weighted by atomic mass is 10.1. The summed E-state index contributed by atoms with van der Waals surface area (Å²) in [7, 11) is 1.26. The minimum atomic E-state index is -0.606. The SMILES string of the molecule is COC(=O)/C(=N/N)c1ccccc1N. The maximum absolute atomic E-state index is 11.2. The van der Waals surface area contributed by atoms with Crippen molar-refractivity contribution in [1.82, 2.24) is 0 Å². The number of methoxy groups -OCH3 is 1. The first kappa shape index (κ1) is 10.0. The van der Waals surface area contributed by atoms with Crippen LogP contribution in [0.5, 0.6) is 0 Å². The second-order valence-electron chi connectivity index (χ2n) is 2.56. The van der Waals surface area contributed by atoms with Crippen molar-refractivity contribution in [1.29, 1.82) is 0 Å². The monoisotopic (exact) mass is 193 g/mol. The molecule has 1 rings (SSSR count). The van der Waals surface area contributed by atoms with Crippen LogP contribution in [0.25, 0.3) is 0 Å². The molecular formula is C9H11N3O2. The molecule has 1 aromatic carbocycles. The Labute approximate surface area is 81.3 Å². The Balaban J connectivity index is 3.15. The summed E-state index contributed by atoms with van der Waals surface area (Å²) >= 11 is 0. The van der Waals surface area contributed by atoms with Gasteiger partial charge in [-0.3, -0.25) is 0 Å². The minimum absolute atomic E-state index is 0.0191. The van der Waals surface area contributed by atoms with Crippen LogP contribution in [0.15, 0.2) is 29.4 Å². The lowest BCUT2D eigenvalue weighted by Crippen LogP contribution is -2.20. The van der Waals surface area contributed by atoms with Gasteiger partial charge in [-0.15, -0.1) is 0 Å². The maximum atomic E-state index is 11.2. The van der Waals surface area contributed by atoms with Crippen molar-refractivity contribution in [3.05, 3.63) is 29.8 Å². The fourth-order valence-corrected chi connectivity index (χ4v) is 1.04. The lowest BCUT2D eigenvalue weighted by molar-refractivity contribution is -0.132. The normalized spacial score (nSPS) is 11.1. The van der Waals surface area contributed by atoms with Crippen molar-refractivity contribution >= 4 is 17.4 Å². The zero-order chi connectivity index (χ0) is 10.6. The largest absolute Gasteiger partial charge is 0.464 e. The Kier molecular flexibility index (Phi) is 3.06. The number of nitrogens with two attached hydrogens (primary N) is 2. The van der Waals surface area contributed by atoms with Crippen LogP contribution in [0.2, 0.25) is 0 Å². The average Bonchev–Trinajstić information content (AvgIpc) is 2.21. The number of anilines is 1. The van der Waals surface area contributed by atoms with Gasteiger partial charge in [-0.05, 0) is 6.07 Å². The summed E-state index contributed by atoms with van der Waals surface area (Å²) in [5.74, 6) is 4.48. The molecule has 0 unspecified atom stereocenters. The summed E-state index contributed by atoms with van der Waals surface area (Å²) in [6.45, 7) is 0. The van der Waals surface area contributed by atoms with Crippen LogP contribution < -0.4 is 11.6 Å². The number of hydrogen-bond donors (Lipinski definition) is 2. The molecule has 0 bridgehead atoms. The topological polar surface area (TPSA) is 90.7 Å². The fraction of sp³-hybridized carbons (Fsp3) is 0.111. The Morgan fingerprint density at radius 1 is 1.43 bits per heavy atom. The molecule has 0 radical (unpaired) electrons. The summed E-state index contributed by atoms with van der Waals surface area (Å²) in [6, 6.07) is 6.80. The van der Waals surface area contributed by atoms with Crippen LogP contribution in [0.1, 0.15) is 5.56 Å². The highest BCUT2D eigenvalue weighted by Crippen LogP contribution is 2.12. The van der Waals surface area contributed by atoms with Gasteiger partial charge in [0.15, 0.2) is 5.71 Å². The Hall–Kier alpha value is -2.04. The van der Waals surface area contributed by atoms with Gasteiger partial charge in [0.05, 0.1) is 7.11 Å². The van der Waals surface area contributed by atoms with E-state index in [1.54, 1.807) is 24.3 Å². The molecule has 0 saturated carbocycles. The quantitative estimate of drug-likeness (QED) is 0.229. The summed E-state index contributed by atoms with van der Waals surface area (Å²) in [5, 5.41) is 3.35. The fourth-order valence-electron chi connectivity index (χ4n) is 1.04. The molecular weight excluding hydrogens is 182 g/mol. The Morgan fingerprint density at radius 2 is 2.07 bits per heavy atom. The summed E-state index contributed by atoms with van der Waals surface area (Å²) in [4.78, 5) is 11.2. The van der Waals surface area contributed by atoms with E-state index in [9.17, 15) is 4.79 Å². The van der Waals surface area contributed by atoms with Crippen LogP contribution in [0.3, 0.4) is 0 Å². The standard InChI is InChI=1S/C9H11N3O2/c1-14-9(13)8(12-11)6-4-2-3-5-7(6)10/h2-5H,10-11H2,1H3/b12-8+. The van der Waals surface area contributed by atoms with Crippen molar-refractivity contribution in [2.24, 2.45) is 10.9 Å². The molecule has 0 amide bonds. The molecule has 0 saturated heterocycles. The van der Waals surface area contributed by atoms with E-state index in [0.29, 0.717) is 11.3 Å². The number of para-hydroxylation sites is 1. The number of nitrogen functional groups attached to an aromatic ring is 1. The van der Waals surface area contributed by atoms with Crippen molar-refractivity contribution in [2.45, 2.75) is 0 Å². The van der Waals surface area contributed by atoms with Gasteiger partial charge >= 0.3 is 5.97 Å². The summed E-state index contributed by atoms with van der Waals surface area (Å²) < 4.78 is 4.51. The third-order valence-electron chi connectivity index (χ3n) is 1.72. The van der Waals surface area contributed by atoms with E-state index in [1.165, 1.54) is 7.11 Å². The third-order valence-corrected chi connectivity index (χ3v) is 1.72. The predicted octanol–water partition coefficient (Wildman–Crippen LogP) is 0.105.